The fourth-order valence-electron chi connectivity index (χ4n) is 2.95. The summed E-state index contributed by atoms with van der Waals surface area (Å²) in [5.41, 5.74) is 2.63. The van der Waals surface area contributed by atoms with Crippen molar-refractivity contribution in [2.24, 2.45) is 5.92 Å². The highest BCUT2D eigenvalue weighted by molar-refractivity contribution is 6.19. The van der Waals surface area contributed by atoms with Crippen LogP contribution < -0.4 is 4.74 Å². The highest BCUT2D eigenvalue weighted by Gasteiger charge is 2.17. The molecule has 1 aliphatic carbocycles. The second kappa shape index (κ2) is 9.15. The molecule has 1 fully saturated rings. The largest absolute Gasteiger partial charge is 0.494 e. The van der Waals surface area contributed by atoms with Gasteiger partial charge in [0.2, 0.25) is 0 Å². The number of halogens is 1. The lowest BCUT2D eigenvalue weighted by Gasteiger charge is -2.23. The Hall–Kier alpha value is -0.950. The van der Waals surface area contributed by atoms with Crippen LogP contribution in [-0.2, 0) is 0 Å². The van der Waals surface area contributed by atoms with E-state index in [1.165, 1.54) is 49.7 Å². The van der Waals surface area contributed by atoms with Crippen LogP contribution in [-0.4, -0.2) is 12.5 Å². The van der Waals surface area contributed by atoms with Crippen molar-refractivity contribution in [2.75, 3.05) is 12.5 Å². The number of hydrogen-bond acceptors (Lipinski definition) is 1. The Morgan fingerprint density at radius 2 is 1.90 bits per heavy atom. The van der Waals surface area contributed by atoms with Crippen molar-refractivity contribution in [3.05, 3.63) is 35.4 Å². The summed E-state index contributed by atoms with van der Waals surface area (Å²) in [6.07, 6.45) is 11.2. The number of rotatable bonds is 7. The van der Waals surface area contributed by atoms with Crippen LogP contribution in [0.25, 0.3) is 6.08 Å². The Balaban J connectivity index is 1.97. The van der Waals surface area contributed by atoms with Gasteiger partial charge in [0.15, 0.2) is 0 Å². The predicted molar refractivity (Wildman–Crippen MR) is 92.1 cm³/mol. The number of ether oxygens (including phenoxy) is 1. The maximum atomic E-state index is 6.17. The van der Waals surface area contributed by atoms with E-state index in [2.05, 4.69) is 37.3 Å². The van der Waals surface area contributed by atoms with E-state index >= 15 is 0 Å². The highest BCUT2D eigenvalue weighted by Crippen LogP contribution is 2.31. The lowest BCUT2D eigenvalue weighted by atomic mass is 9.84. The molecule has 0 bridgehead atoms. The number of allylic oxidation sites excluding steroid dienone is 1. The minimum Gasteiger partial charge on any atom is -0.494 e. The summed E-state index contributed by atoms with van der Waals surface area (Å²) >= 11 is 6.17. The first-order chi connectivity index (χ1) is 10.3. The van der Waals surface area contributed by atoms with E-state index < -0.39 is 0 Å². The minimum atomic E-state index is 0.652. The zero-order chi connectivity index (χ0) is 14.9. The third kappa shape index (κ3) is 5.39. The Morgan fingerprint density at radius 1 is 1.19 bits per heavy atom. The second-order valence-corrected chi connectivity index (χ2v) is 6.23. The molecule has 0 spiro atoms. The van der Waals surface area contributed by atoms with Crippen LogP contribution in [0.3, 0.4) is 0 Å². The van der Waals surface area contributed by atoms with Gasteiger partial charge in [-0.3, -0.25) is 0 Å². The smallest absolute Gasteiger partial charge is 0.119 e. The van der Waals surface area contributed by atoms with Gasteiger partial charge < -0.3 is 4.74 Å². The molecule has 0 atom stereocenters. The maximum Gasteiger partial charge on any atom is 0.119 e. The Morgan fingerprint density at radius 3 is 2.52 bits per heavy atom. The van der Waals surface area contributed by atoms with Gasteiger partial charge in [0, 0.05) is 5.88 Å². The average Bonchev–Trinajstić information content (AvgIpc) is 2.55. The van der Waals surface area contributed by atoms with E-state index in [0.717, 1.165) is 18.8 Å². The van der Waals surface area contributed by atoms with Crippen molar-refractivity contribution in [2.45, 2.75) is 51.9 Å². The number of benzene rings is 1. The second-order valence-electron chi connectivity index (χ2n) is 5.96. The van der Waals surface area contributed by atoms with Gasteiger partial charge in [-0.25, -0.2) is 0 Å². The van der Waals surface area contributed by atoms with Crippen molar-refractivity contribution in [3.63, 3.8) is 0 Å². The van der Waals surface area contributed by atoms with Crippen LogP contribution in [0.5, 0.6) is 5.75 Å². The molecule has 0 saturated heterocycles. The standard InChI is InChI=1S/C19H27ClO/c1-2-3-13-21-19-11-9-16(10-12-19)14-18(15-20)17-7-5-4-6-8-17/h9-12,14,17H,2-8,13,15H2,1H3/b18-14-. The maximum absolute atomic E-state index is 6.17. The molecule has 0 amide bonds. The Kier molecular flexibility index (Phi) is 7.15. The summed E-state index contributed by atoms with van der Waals surface area (Å²) in [4.78, 5) is 0. The zero-order valence-corrected chi connectivity index (χ0v) is 13.9. The van der Waals surface area contributed by atoms with Crippen LogP contribution >= 0.6 is 11.6 Å². The molecule has 0 unspecified atom stereocenters. The monoisotopic (exact) mass is 306 g/mol. The van der Waals surface area contributed by atoms with E-state index in [9.17, 15) is 0 Å². The number of hydrogen-bond donors (Lipinski definition) is 0. The van der Waals surface area contributed by atoms with Gasteiger partial charge in [-0.05, 0) is 42.9 Å². The molecular formula is C19H27ClO. The summed E-state index contributed by atoms with van der Waals surface area (Å²) in [5, 5.41) is 0. The topological polar surface area (TPSA) is 9.23 Å². The van der Waals surface area contributed by atoms with Gasteiger partial charge in [0.1, 0.15) is 5.75 Å². The quantitative estimate of drug-likeness (QED) is 0.439. The third-order valence-electron chi connectivity index (χ3n) is 4.28. The molecule has 0 N–H and O–H groups in total. The van der Waals surface area contributed by atoms with E-state index in [1.54, 1.807) is 0 Å². The molecule has 1 saturated carbocycles. The van der Waals surface area contributed by atoms with Gasteiger partial charge in [0.05, 0.1) is 6.61 Å². The molecule has 1 aromatic carbocycles. The molecule has 1 aromatic rings. The molecule has 1 aliphatic rings. The average molecular weight is 307 g/mol. The lowest BCUT2D eigenvalue weighted by Crippen LogP contribution is -2.10. The van der Waals surface area contributed by atoms with Crippen LogP contribution in [0.15, 0.2) is 29.8 Å². The van der Waals surface area contributed by atoms with E-state index in [1.807, 2.05) is 0 Å². The molecule has 0 aliphatic heterocycles. The van der Waals surface area contributed by atoms with Gasteiger partial charge in [-0.2, -0.15) is 0 Å². The van der Waals surface area contributed by atoms with Gasteiger partial charge in [-0.1, -0.05) is 56.4 Å². The first-order valence-electron chi connectivity index (χ1n) is 8.32. The first-order valence-corrected chi connectivity index (χ1v) is 8.86. The molecule has 0 radical (unpaired) electrons. The minimum absolute atomic E-state index is 0.652. The number of alkyl halides is 1. The van der Waals surface area contributed by atoms with Crippen molar-refractivity contribution < 1.29 is 4.74 Å². The van der Waals surface area contributed by atoms with Gasteiger partial charge >= 0.3 is 0 Å². The molecule has 21 heavy (non-hydrogen) atoms. The highest BCUT2D eigenvalue weighted by atomic mass is 35.5. The fraction of sp³-hybridized carbons (Fsp3) is 0.579. The molecule has 0 aromatic heterocycles. The van der Waals surface area contributed by atoms with Crippen molar-refractivity contribution in [1.82, 2.24) is 0 Å². The van der Waals surface area contributed by atoms with Crippen molar-refractivity contribution in [3.8, 4) is 5.75 Å². The summed E-state index contributed by atoms with van der Waals surface area (Å²) in [5.74, 6) is 2.31. The van der Waals surface area contributed by atoms with Crippen molar-refractivity contribution >= 4 is 17.7 Å². The normalized spacial score (nSPS) is 17.0. The fourth-order valence-corrected chi connectivity index (χ4v) is 3.24. The van der Waals surface area contributed by atoms with Gasteiger partial charge in [-0.15, -0.1) is 11.6 Å². The molecular weight excluding hydrogens is 280 g/mol. The molecule has 0 heterocycles. The van der Waals surface area contributed by atoms with Crippen LogP contribution in [0, 0.1) is 5.92 Å². The summed E-state index contributed by atoms with van der Waals surface area (Å²) in [7, 11) is 0. The lowest BCUT2D eigenvalue weighted by molar-refractivity contribution is 0.309. The molecule has 1 nitrogen and oxygen atoms in total. The zero-order valence-electron chi connectivity index (χ0n) is 13.1. The Bertz CT molecular complexity index is 429. The van der Waals surface area contributed by atoms with E-state index in [0.29, 0.717) is 11.8 Å². The first kappa shape index (κ1) is 16.4. The van der Waals surface area contributed by atoms with E-state index in [4.69, 9.17) is 16.3 Å². The summed E-state index contributed by atoms with van der Waals surface area (Å²) in [6, 6.07) is 8.40. The summed E-state index contributed by atoms with van der Waals surface area (Å²) in [6.45, 7) is 2.98. The third-order valence-corrected chi connectivity index (χ3v) is 4.59. The molecule has 2 rings (SSSR count). The number of unbranched alkanes of at least 4 members (excludes halogenated alkanes) is 1. The van der Waals surface area contributed by atoms with Crippen LogP contribution in [0.2, 0.25) is 0 Å². The SMILES string of the molecule is CCCCOc1ccc(/C=C(/CCl)C2CCCCC2)cc1. The molecule has 2 heteroatoms. The summed E-state index contributed by atoms with van der Waals surface area (Å²) < 4.78 is 5.70. The predicted octanol–water partition coefficient (Wildman–Crippen LogP) is 6.07. The van der Waals surface area contributed by atoms with Crippen molar-refractivity contribution in [1.29, 1.82) is 0 Å². The molecule has 116 valence electrons. The van der Waals surface area contributed by atoms with Crippen LogP contribution in [0.1, 0.15) is 57.4 Å². The van der Waals surface area contributed by atoms with E-state index in [-0.39, 0.29) is 0 Å². The Labute approximate surface area is 134 Å². The van der Waals surface area contributed by atoms with Crippen LogP contribution in [0.4, 0.5) is 0 Å². The van der Waals surface area contributed by atoms with Gasteiger partial charge in [0.25, 0.3) is 0 Å².